The van der Waals surface area contributed by atoms with Crippen LogP contribution >= 0.6 is 0 Å². The van der Waals surface area contributed by atoms with Gasteiger partial charge in [-0.3, -0.25) is 0 Å². The lowest BCUT2D eigenvalue weighted by Gasteiger charge is -2.17. The second-order valence-corrected chi connectivity index (χ2v) is 6.72. The Morgan fingerprint density at radius 2 is 1.84 bits per heavy atom. The molecule has 108 valence electrons. The molecule has 0 fully saturated rings. The van der Waals surface area contributed by atoms with E-state index in [1.807, 2.05) is 6.92 Å². The van der Waals surface area contributed by atoms with Gasteiger partial charge < -0.3 is 9.84 Å². The summed E-state index contributed by atoms with van der Waals surface area (Å²) in [5.41, 5.74) is -1.09. The lowest BCUT2D eigenvalue weighted by atomic mass is 10.1. The minimum absolute atomic E-state index is 0.0383. The second kappa shape index (κ2) is 6.36. The maximum absolute atomic E-state index is 11.9. The third kappa shape index (κ3) is 5.59. The van der Waals surface area contributed by atoms with Gasteiger partial charge in [0, 0.05) is 6.54 Å². The fourth-order valence-electron chi connectivity index (χ4n) is 1.29. The van der Waals surface area contributed by atoms with Crippen LogP contribution in [-0.4, -0.2) is 32.3 Å². The van der Waals surface area contributed by atoms with Gasteiger partial charge in [-0.05, 0) is 44.5 Å². The summed E-state index contributed by atoms with van der Waals surface area (Å²) in [6, 6.07) is 6.21. The van der Waals surface area contributed by atoms with Crippen LogP contribution in [-0.2, 0) is 10.0 Å². The van der Waals surface area contributed by atoms with Crippen LogP contribution in [0.5, 0.6) is 5.75 Å². The van der Waals surface area contributed by atoms with E-state index in [0.29, 0.717) is 12.4 Å². The van der Waals surface area contributed by atoms with Gasteiger partial charge in [-0.15, -0.1) is 0 Å². The van der Waals surface area contributed by atoms with Crippen LogP contribution in [0.3, 0.4) is 0 Å². The molecule has 1 aromatic carbocycles. The molecule has 0 aliphatic carbocycles. The monoisotopic (exact) mass is 287 g/mol. The van der Waals surface area contributed by atoms with Gasteiger partial charge >= 0.3 is 0 Å². The maximum Gasteiger partial charge on any atom is 0.240 e. The summed E-state index contributed by atoms with van der Waals surface area (Å²) in [6.07, 6.45) is 0.896. The number of ether oxygens (including phenoxy) is 1. The van der Waals surface area contributed by atoms with Crippen LogP contribution in [0.15, 0.2) is 29.2 Å². The standard InChI is InChI=1S/C13H21NO4S/c1-4-9-18-11-5-7-12(8-6-11)19(16,17)14-10-13(2,3)15/h5-8,14-15H,4,9-10H2,1-3H3. The molecule has 0 saturated carbocycles. The summed E-state index contributed by atoms with van der Waals surface area (Å²) in [5.74, 6) is 0.642. The minimum Gasteiger partial charge on any atom is -0.494 e. The summed E-state index contributed by atoms with van der Waals surface area (Å²) in [7, 11) is -3.60. The predicted octanol–water partition coefficient (Wildman–Crippen LogP) is 1.52. The smallest absolute Gasteiger partial charge is 0.240 e. The van der Waals surface area contributed by atoms with Gasteiger partial charge in [0.15, 0.2) is 0 Å². The van der Waals surface area contributed by atoms with Crippen LogP contribution in [0.4, 0.5) is 0 Å². The molecule has 0 saturated heterocycles. The molecule has 1 aromatic rings. The van der Waals surface area contributed by atoms with E-state index in [1.54, 1.807) is 12.1 Å². The SMILES string of the molecule is CCCOc1ccc(S(=O)(=O)NCC(C)(C)O)cc1. The van der Waals surface area contributed by atoms with Crippen LogP contribution in [0.25, 0.3) is 0 Å². The van der Waals surface area contributed by atoms with Crippen molar-refractivity contribution in [1.82, 2.24) is 4.72 Å². The minimum atomic E-state index is -3.60. The Morgan fingerprint density at radius 3 is 2.32 bits per heavy atom. The Morgan fingerprint density at radius 1 is 1.26 bits per heavy atom. The van der Waals surface area contributed by atoms with E-state index in [-0.39, 0.29) is 11.4 Å². The number of hydrogen-bond acceptors (Lipinski definition) is 4. The zero-order valence-corrected chi connectivity index (χ0v) is 12.3. The number of nitrogens with one attached hydrogen (secondary N) is 1. The Labute approximate surface area is 114 Å². The molecular weight excluding hydrogens is 266 g/mol. The number of sulfonamides is 1. The van der Waals surface area contributed by atoms with Gasteiger partial charge in [0.1, 0.15) is 5.75 Å². The van der Waals surface area contributed by atoms with Crippen molar-refractivity contribution in [2.75, 3.05) is 13.2 Å². The van der Waals surface area contributed by atoms with Crippen molar-refractivity contribution in [3.63, 3.8) is 0 Å². The summed E-state index contributed by atoms with van der Waals surface area (Å²) in [4.78, 5) is 0.153. The van der Waals surface area contributed by atoms with E-state index in [1.165, 1.54) is 26.0 Å². The van der Waals surface area contributed by atoms with Gasteiger partial charge in [0.05, 0.1) is 17.1 Å². The zero-order chi connectivity index (χ0) is 14.5. The molecule has 1 rings (SSSR count). The molecule has 0 amide bonds. The van der Waals surface area contributed by atoms with Crippen molar-refractivity contribution in [2.45, 2.75) is 37.7 Å². The maximum atomic E-state index is 11.9. The largest absolute Gasteiger partial charge is 0.494 e. The van der Waals surface area contributed by atoms with Crippen molar-refractivity contribution in [1.29, 1.82) is 0 Å². The molecule has 0 aliphatic rings. The van der Waals surface area contributed by atoms with Gasteiger partial charge in [-0.1, -0.05) is 6.92 Å². The van der Waals surface area contributed by atoms with E-state index in [9.17, 15) is 13.5 Å². The number of aliphatic hydroxyl groups is 1. The number of benzene rings is 1. The molecule has 0 heterocycles. The Balaban J connectivity index is 2.73. The molecule has 0 spiro atoms. The summed E-state index contributed by atoms with van der Waals surface area (Å²) in [6.45, 7) is 5.64. The highest BCUT2D eigenvalue weighted by Gasteiger charge is 2.19. The van der Waals surface area contributed by atoms with E-state index in [0.717, 1.165) is 6.42 Å². The summed E-state index contributed by atoms with van der Waals surface area (Å²) < 4.78 is 31.6. The summed E-state index contributed by atoms with van der Waals surface area (Å²) in [5, 5.41) is 9.52. The quantitative estimate of drug-likeness (QED) is 0.797. The predicted molar refractivity (Wildman–Crippen MR) is 73.7 cm³/mol. The van der Waals surface area contributed by atoms with Crippen LogP contribution in [0, 0.1) is 0 Å². The Hall–Kier alpha value is -1.11. The molecule has 0 radical (unpaired) electrons. The topological polar surface area (TPSA) is 75.6 Å². The highest BCUT2D eigenvalue weighted by Crippen LogP contribution is 2.16. The zero-order valence-electron chi connectivity index (χ0n) is 11.5. The van der Waals surface area contributed by atoms with Gasteiger partial charge in [-0.25, -0.2) is 13.1 Å². The van der Waals surface area contributed by atoms with Crippen molar-refractivity contribution < 1.29 is 18.3 Å². The van der Waals surface area contributed by atoms with E-state index < -0.39 is 15.6 Å². The highest BCUT2D eigenvalue weighted by molar-refractivity contribution is 7.89. The molecule has 0 aliphatic heterocycles. The van der Waals surface area contributed by atoms with Gasteiger partial charge in [0.25, 0.3) is 0 Å². The normalized spacial score (nSPS) is 12.4. The molecule has 6 heteroatoms. The summed E-state index contributed by atoms with van der Waals surface area (Å²) >= 11 is 0. The van der Waals surface area contributed by atoms with Crippen LogP contribution in [0.1, 0.15) is 27.2 Å². The molecular formula is C13H21NO4S. The first kappa shape index (κ1) is 15.9. The van der Waals surface area contributed by atoms with Crippen molar-refractivity contribution >= 4 is 10.0 Å². The van der Waals surface area contributed by atoms with Crippen LogP contribution < -0.4 is 9.46 Å². The second-order valence-electron chi connectivity index (χ2n) is 4.96. The average Bonchev–Trinajstić information content (AvgIpc) is 2.34. The average molecular weight is 287 g/mol. The fourth-order valence-corrected chi connectivity index (χ4v) is 2.49. The Bertz CT molecular complexity index is 488. The molecule has 0 unspecified atom stereocenters. The van der Waals surface area contributed by atoms with Gasteiger partial charge in [0.2, 0.25) is 10.0 Å². The molecule has 0 atom stereocenters. The van der Waals surface area contributed by atoms with Crippen molar-refractivity contribution in [3.8, 4) is 5.75 Å². The van der Waals surface area contributed by atoms with E-state index in [2.05, 4.69) is 4.72 Å². The first-order valence-electron chi connectivity index (χ1n) is 6.19. The first-order chi connectivity index (χ1) is 8.74. The Kier molecular flexibility index (Phi) is 5.34. The number of hydrogen-bond donors (Lipinski definition) is 2. The molecule has 0 bridgehead atoms. The lowest BCUT2D eigenvalue weighted by Crippen LogP contribution is -2.38. The molecule has 19 heavy (non-hydrogen) atoms. The number of rotatable bonds is 7. The fraction of sp³-hybridized carbons (Fsp3) is 0.538. The lowest BCUT2D eigenvalue weighted by molar-refractivity contribution is 0.0857. The molecule has 0 aromatic heterocycles. The van der Waals surface area contributed by atoms with Gasteiger partial charge in [-0.2, -0.15) is 0 Å². The first-order valence-corrected chi connectivity index (χ1v) is 7.68. The third-order valence-electron chi connectivity index (χ3n) is 2.30. The highest BCUT2D eigenvalue weighted by atomic mass is 32.2. The van der Waals surface area contributed by atoms with E-state index in [4.69, 9.17) is 4.74 Å². The third-order valence-corrected chi connectivity index (χ3v) is 3.72. The molecule has 5 nitrogen and oxygen atoms in total. The van der Waals surface area contributed by atoms with Crippen molar-refractivity contribution in [3.05, 3.63) is 24.3 Å². The molecule has 2 N–H and O–H groups in total. The van der Waals surface area contributed by atoms with Crippen molar-refractivity contribution in [2.24, 2.45) is 0 Å². The van der Waals surface area contributed by atoms with E-state index >= 15 is 0 Å². The van der Waals surface area contributed by atoms with Crippen LogP contribution in [0.2, 0.25) is 0 Å².